The number of nitrogens with zero attached hydrogens (tertiary/aromatic N) is 2. The number of aromatic nitrogens is 2. The molecule has 0 saturated heterocycles. The lowest BCUT2D eigenvalue weighted by Crippen LogP contribution is -2.41. The molecule has 0 radical (unpaired) electrons. The predicted octanol–water partition coefficient (Wildman–Crippen LogP) is 1.34. The largest absolute Gasteiger partial charge is 0.395 e. The van der Waals surface area contributed by atoms with Gasteiger partial charge in [-0.15, -0.1) is 0 Å². The molecule has 1 amide bonds. The lowest BCUT2D eigenvalue weighted by atomic mass is 10.1. The average molecular weight is 268 g/mol. The van der Waals surface area contributed by atoms with Gasteiger partial charge in [0.2, 0.25) is 0 Å². The molecule has 0 spiro atoms. The van der Waals surface area contributed by atoms with Gasteiger partial charge in [0, 0.05) is 19.7 Å². The molecule has 0 fully saturated rings. The van der Waals surface area contributed by atoms with Crippen LogP contribution in [0.5, 0.6) is 0 Å². The molecule has 1 aromatic heterocycles. The molecule has 1 rings (SSSR count). The van der Waals surface area contributed by atoms with E-state index in [4.69, 9.17) is 10.5 Å². The molecule has 1 aromatic rings. The highest BCUT2D eigenvalue weighted by molar-refractivity contribution is 5.98. The van der Waals surface area contributed by atoms with E-state index >= 15 is 0 Å². The third-order valence-corrected chi connectivity index (χ3v) is 2.90. The molecule has 108 valence electrons. The number of ether oxygens (including phenoxy) is 1. The molecule has 19 heavy (non-hydrogen) atoms. The Balaban J connectivity index is 2.79. The van der Waals surface area contributed by atoms with Crippen LogP contribution >= 0.6 is 0 Å². The standard InChI is InChI=1S/C13H24N4O2/c1-6-17-11(10(14)9(3)16-17)12(18)15-8-13(4,5)19-7-2/h6-8,14H2,1-5H3,(H,15,18). The van der Waals surface area contributed by atoms with Crippen LogP contribution in [0.15, 0.2) is 0 Å². The fourth-order valence-electron chi connectivity index (χ4n) is 1.88. The normalized spacial score (nSPS) is 11.6. The van der Waals surface area contributed by atoms with Gasteiger partial charge in [0.25, 0.3) is 5.91 Å². The number of nitrogens with two attached hydrogens (primary N) is 1. The van der Waals surface area contributed by atoms with Crippen molar-refractivity contribution in [1.82, 2.24) is 15.1 Å². The number of aryl methyl sites for hydroxylation is 2. The number of nitrogens with one attached hydrogen (secondary N) is 1. The number of carbonyl (C=O) groups excluding carboxylic acids is 1. The van der Waals surface area contributed by atoms with Crippen LogP contribution in [0.1, 0.15) is 43.9 Å². The highest BCUT2D eigenvalue weighted by Crippen LogP contribution is 2.16. The first kappa shape index (κ1) is 15.5. The van der Waals surface area contributed by atoms with E-state index in [-0.39, 0.29) is 5.91 Å². The van der Waals surface area contributed by atoms with Crippen molar-refractivity contribution in [2.24, 2.45) is 0 Å². The molecule has 3 N–H and O–H groups in total. The predicted molar refractivity (Wildman–Crippen MR) is 75.1 cm³/mol. The Bertz CT molecular complexity index is 452. The number of carbonyl (C=O) groups is 1. The van der Waals surface area contributed by atoms with Gasteiger partial charge in [0.05, 0.1) is 17.0 Å². The van der Waals surface area contributed by atoms with Crippen molar-refractivity contribution in [2.45, 2.75) is 46.8 Å². The maximum absolute atomic E-state index is 12.2. The van der Waals surface area contributed by atoms with E-state index in [1.165, 1.54) is 0 Å². The van der Waals surface area contributed by atoms with E-state index in [0.29, 0.717) is 36.8 Å². The van der Waals surface area contributed by atoms with Crippen molar-refractivity contribution in [2.75, 3.05) is 18.9 Å². The number of nitrogen functional groups attached to an aromatic ring is 1. The third-order valence-electron chi connectivity index (χ3n) is 2.90. The molecular formula is C13H24N4O2. The van der Waals surface area contributed by atoms with Crippen LogP contribution in [0.3, 0.4) is 0 Å². The number of anilines is 1. The van der Waals surface area contributed by atoms with Crippen LogP contribution < -0.4 is 11.1 Å². The van der Waals surface area contributed by atoms with E-state index < -0.39 is 5.60 Å². The van der Waals surface area contributed by atoms with Gasteiger partial charge in [-0.05, 0) is 34.6 Å². The van der Waals surface area contributed by atoms with E-state index in [2.05, 4.69) is 10.4 Å². The van der Waals surface area contributed by atoms with E-state index in [0.717, 1.165) is 0 Å². The van der Waals surface area contributed by atoms with Gasteiger partial charge >= 0.3 is 0 Å². The zero-order valence-electron chi connectivity index (χ0n) is 12.4. The first-order chi connectivity index (χ1) is 8.82. The summed E-state index contributed by atoms with van der Waals surface area (Å²) in [6.07, 6.45) is 0. The molecule has 1 heterocycles. The summed E-state index contributed by atoms with van der Waals surface area (Å²) >= 11 is 0. The van der Waals surface area contributed by atoms with Crippen molar-refractivity contribution in [3.8, 4) is 0 Å². The average Bonchev–Trinajstić information content (AvgIpc) is 2.62. The van der Waals surface area contributed by atoms with Crippen LogP contribution in [0.4, 0.5) is 5.69 Å². The molecule has 0 aliphatic rings. The SMILES string of the molecule is CCOC(C)(C)CNC(=O)c1c(N)c(C)nn1CC. The molecule has 0 bridgehead atoms. The minimum Gasteiger partial charge on any atom is -0.395 e. The van der Waals surface area contributed by atoms with Crippen molar-refractivity contribution in [3.05, 3.63) is 11.4 Å². The highest BCUT2D eigenvalue weighted by atomic mass is 16.5. The Kier molecular flexibility index (Phi) is 4.94. The topological polar surface area (TPSA) is 82.2 Å². The second-order valence-corrected chi connectivity index (χ2v) is 5.04. The number of amides is 1. The van der Waals surface area contributed by atoms with Gasteiger partial charge in [-0.1, -0.05) is 0 Å². The zero-order valence-corrected chi connectivity index (χ0v) is 12.4. The molecule has 0 aliphatic carbocycles. The summed E-state index contributed by atoms with van der Waals surface area (Å²) in [7, 11) is 0. The van der Waals surface area contributed by atoms with Crippen LogP contribution in [0.25, 0.3) is 0 Å². The molecule has 6 nitrogen and oxygen atoms in total. The second-order valence-electron chi connectivity index (χ2n) is 5.04. The third kappa shape index (κ3) is 3.70. The van der Waals surface area contributed by atoms with Crippen molar-refractivity contribution < 1.29 is 9.53 Å². The fourth-order valence-corrected chi connectivity index (χ4v) is 1.88. The Morgan fingerprint density at radius 2 is 2.11 bits per heavy atom. The van der Waals surface area contributed by atoms with Gasteiger partial charge < -0.3 is 15.8 Å². The molecule has 0 aromatic carbocycles. The Morgan fingerprint density at radius 1 is 1.47 bits per heavy atom. The fraction of sp³-hybridized carbons (Fsp3) is 0.692. The smallest absolute Gasteiger partial charge is 0.271 e. The summed E-state index contributed by atoms with van der Waals surface area (Å²) in [6.45, 7) is 11.1. The molecule has 0 atom stereocenters. The molecule has 0 unspecified atom stereocenters. The molecule has 0 saturated carbocycles. The van der Waals surface area contributed by atoms with E-state index in [9.17, 15) is 4.79 Å². The summed E-state index contributed by atoms with van der Waals surface area (Å²) in [4.78, 5) is 12.2. The number of rotatable bonds is 6. The van der Waals surface area contributed by atoms with Gasteiger partial charge in [0.15, 0.2) is 0 Å². The van der Waals surface area contributed by atoms with Crippen molar-refractivity contribution in [1.29, 1.82) is 0 Å². The van der Waals surface area contributed by atoms with Gasteiger partial charge in [-0.2, -0.15) is 5.10 Å². The first-order valence-electron chi connectivity index (χ1n) is 6.57. The van der Waals surface area contributed by atoms with Crippen LogP contribution in [0.2, 0.25) is 0 Å². The lowest BCUT2D eigenvalue weighted by molar-refractivity contribution is -0.00821. The molecule has 6 heteroatoms. The second kappa shape index (κ2) is 6.06. The van der Waals surface area contributed by atoms with E-state index in [1.54, 1.807) is 11.6 Å². The number of hydrogen-bond acceptors (Lipinski definition) is 4. The van der Waals surface area contributed by atoms with Crippen molar-refractivity contribution in [3.63, 3.8) is 0 Å². The minimum atomic E-state index is -0.398. The maximum atomic E-state index is 12.2. The first-order valence-corrected chi connectivity index (χ1v) is 6.57. The van der Waals surface area contributed by atoms with E-state index in [1.807, 2.05) is 27.7 Å². The van der Waals surface area contributed by atoms with Crippen LogP contribution in [0, 0.1) is 6.92 Å². The molecule has 0 aliphatic heterocycles. The number of hydrogen-bond donors (Lipinski definition) is 2. The summed E-state index contributed by atoms with van der Waals surface area (Å²) in [5.74, 6) is -0.215. The monoisotopic (exact) mass is 268 g/mol. The zero-order chi connectivity index (χ0) is 14.6. The Morgan fingerprint density at radius 3 is 2.63 bits per heavy atom. The van der Waals surface area contributed by atoms with Gasteiger partial charge in [-0.25, -0.2) is 0 Å². The summed E-state index contributed by atoms with van der Waals surface area (Å²) in [5, 5.41) is 7.08. The molecular weight excluding hydrogens is 244 g/mol. The Labute approximate surface area is 114 Å². The maximum Gasteiger partial charge on any atom is 0.271 e. The van der Waals surface area contributed by atoms with Gasteiger partial charge in [0.1, 0.15) is 5.69 Å². The Hall–Kier alpha value is -1.56. The quantitative estimate of drug-likeness (QED) is 0.815. The summed E-state index contributed by atoms with van der Waals surface area (Å²) in [5.41, 5.74) is 7.04. The van der Waals surface area contributed by atoms with Crippen LogP contribution in [-0.4, -0.2) is 34.4 Å². The lowest BCUT2D eigenvalue weighted by Gasteiger charge is -2.24. The van der Waals surface area contributed by atoms with Crippen molar-refractivity contribution >= 4 is 11.6 Å². The minimum absolute atomic E-state index is 0.215. The summed E-state index contributed by atoms with van der Waals surface area (Å²) in [6, 6.07) is 0. The van der Waals surface area contributed by atoms with Crippen LogP contribution in [-0.2, 0) is 11.3 Å². The highest BCUT2D eigenvalue weighted by Gasteiger charge is 2.23. The summed E-state index contributed by atoms with van der Waals surface area (Å²) < 4.78 is 7.16. The van der Waals surface area contributed by atoms with Gasteiger partial charge in [-0.3, -0.25) is 9.48 Å².